The normalized spacial score (nSPS) is 22.6. The lowest BCUT2D eigenvalue weighted by atomic mass is 9.90. The summed E-state index contributed by atoms with van der Waals surface area (Å²) in [5.41, 5.74) is -0.0647. The summed E-state index contributed by atoms with van der Waals surface area (Å²) in [6, 6.07) is 3.24. The minimum absolute atomic E-state index is 0.0647. The maximum Gasteiger partial charge on any atom is 0.355 e. The Bertz CT molecular complexity index is 878. The predicted molar refractivity (Wildman–Crippen MR) is 112 cm³/mol. The molecule has 1 aromatic heterocycles. The first-order valence-electron chi connectivity index (χ1n) is 9.09. The first-order valence-corrected chi connectivity index (χ1v) is 11.1. The average Bonchev–Trinajstić information content (AvgIpc) is 3.31. The number of aromatic nitrogens is 1. The molecule has 2 aromatic rings. The molecule has 158 valence electrons. The second-order valence-electron chi connectivity index (χ2n) is 7.02. The van der Waals surface area contributed by atoms with Gasteiger partial charge in [-0.15, -0.1) is 11.3 Å². The minimum Gasteiger partial charge on any atom is -0.492 e. The second-order valence-corrected chi connectivity index (χ2v) is 9.08. The lowest BCUT2D eigenvalue weighted by molar-refractivity contribution is 0.0685. The minimum atomic E-state index is -1.11. The fraction of sp³-hybridized carbons (Fsp3) is 0.474. The van der Waals surface area contributed by atoms with Crippen molar-refractivity contribution in [3.8, 4) is 5.75 Å². The molecule has 4 atom stereocenters. The van der Waals surface area contributed by atoms with Crippen molar-refractivity contribution < 1.29 is 24.9 Å². The SMILES string of the molecule is O=C(O)c1csc(C(O)CC[C@H]2CC[C@@H](O)C2COc2ccc(Cl)c(Cl)c2Cl)n1. The van der Waals surface area contributed by atoms with Crippen molar-refractivity contribution in [1.82, 2.24) is 4.98 Å². The molecular weight excluding hydrogens is 461 g/mol. The monoisotopic (exact) mass is 479 g/mol. The van der Waals surface area contributed by atoms with E-state index in [0.29, 0.717) is 35.0 Å². The highest BCUT2D eigenvalue weighted by atomic mass is 35.5. The summed E-state index contributed by atoms with van der Waals surface area (Å²) in [6.07, 6.45) is 1.21. The van der Waals surface area contributed by atoms with Crippen LogP contribution in [0.4, 0.5) is 0 Å². The molecule has 0 aliphatic heterocycles. The van der Waals surface area contributed by atoms with Gasteiger partial charge in [-0.3, -0.25) is 0 Å². The molecule has 1 aliphatic carbocycles. The predicted octanol–water partition coefficient (Wildman–Crippen LogP) is 5.08. The Kier molecular flexibility index (Phi) is 7.64. The Morgan fingerprint density at radius 1 is 1.28 bits per heavy atom. The number of rotatable bonds is 8. The Morgan fingerprint density at radius 2 is 2.03 bits per heavy atom. The molecule has 0 saturated heterocycles. The second kappa shape index (κ2) is 9.81. The quantitative estimate of drug-likeness (QED) is 0.456. The van der Waals surface area contributed by atoms with Gasteiger partial charge >= 0.3 is 5.97 Å². The van der Waals surface area contributed by atoms with Crippen LogP contribution in [0.2, 0.25) is 15.1 Å². The number of aromatic carboxylic acids is 1. The third-order valence-electron chi connectivity index (χ3n) is 5.20. The number of halogens is 3. The molecule has 1 fully saturated rings. The molecule has 3 rings (SSSR count). The number of carbonyl (C=O) groups is 1. The molecule has 0 radical (unpaired) electrons. The summed E-state index contributed by atoms with van der Waals surface area (Å²) in [5, 5.41) is 32.2. The van der Waals surface area contributed by atoms with Crippen LogP contribution in [-0.4, -0.2) is 39.0 Å². The number of carboxylic acid groups (broad SMARTS) is 1. The van der Waals surface area contributed by atoms with Crippen LogP contribution < -0.4 is 4.74 Å². The van der Waals surface area contributed by atoms with E-state index in [1.54, 1.807) is 12.1 Å². The van der Waals surface area contributed by atoms with Crippen LogP contribution in [0.15, 0.2) is 17.5 Å². The number of aliphatic hydroxyl groups is 2. The summed E-state index contributed by atoms with van der Waals surface area (Å²) in [5.74, 6) is -0.668. The van der Waals surface area contributed by atoms with E-state index >= 15 is 0 Å². The number of aliphatic hydroxyl groups excluding tert-OH is 2. The van der Waals surface area contributed by atoms with Gasteiger partial charge in [0.1, 0.15) is 21.9 Å². The molecule has 10 heteroatoms. The number of benzene rings is 1. The largest absolute Gasteiger partial charge is 0.492 e. The number of hydrogen-bond acceptors (Lipinski definition) is 6. The van der Waals surface area contributed by atoms with E-state index in [4.69, 9.17) is 44.6 Å². The molecule has 1 saturated carbocycles. The molecular formula is C19H20Cl3NO5S. The number of nitrogens with zero attached hydrogens (tertiary/aromatic N) is 1. The van der Waals surface area contributed by atoms with Crippen molar-refractivity contribution >= 4 is 52.1 Å². The lowest BCUT2D eigenvalue weighted by Gasteiger charge is -2.23. The maximum atomic E-state index is 10.9. The molecule has 1 heterocycles. The summed E-state index contributed by atoms with van der Waals surface area (Å²) in [6.45, 7) is 0.264. The van der Waals surface area contributed by atoms with Gasteiger partial charge in [-0.2, -0.15) is 0 Å². The van der Waals surface area contributed by atoms with Crippen LogP contribution >= 0.6 is 46.1 Å². The average molecular weight is 481 g/mol. The molecule has 3 N–H and O–H groups in total. The zero-order valence-electron chi connectivity index (χ0n) is 15.2. The van der Waals surface area contributed by atoms with Gasteiger partial charge in [0.05, 0.1) is 22.8 Å². The van der Waals surface area contributed by atoms with Gasteiger partial charge in [-0.1, -0.05) is 34.8 Å². The molecule has 1 aliphatic rings. The van der Waals surface area contributed by atoms with Crippen LogP contribution in [-0.2, 0) is 0 Å². The Labute approximate surface area is 187 Å². The standard InChI is InChI=1S/C19H20Cl3NO5S/c20-11-3-6-15(17(22)16(11)21)28-7-10-9(1-4-13(10)24)2-5-14(25)18-23-12(8-29-18)19(26)27/h3,6,8-10,13-14,24-25H,1-2,4-5,7H2,(H,26,27)/t9-,10?,13-,14?/m1/s1. The first-order chi connectivity index (χ1) is 13.8. The highest BCUT2D eigenvalue weighted by Crippen LogP contribution is 2.40. The first kappa shape index (κ1) is 22.6. The zero-order chi connectivity index (χ0) is 21.1. The number of ether oxygens (including phenoxy) is 1. The Balaban J connectivity index is 1.58. The van der Waals surface area contributed by atoms with Crippen molar-refractivity contribution in [1.29, 1.82) is 0 Å². The van der Waals surface area contributed by atoms with E-state index in [1.807, 2.05) is 0 Å². The summed E-state index contributed by atoms with van der Waals surface area (Å²) >= 11 is 19.3. The maximum absolute atomic E-state index is 10.9. The molecule has 0 bridgehead atoms. The van der Waals surface area contributed by atoms with E-state index in [9.17, 15) is 15.0 Å². The van der Waals surface area contributed by atoms with Crippen LogP contribution in [0.25, 0.3) is 0 Å². The molecule has 29 heavy (non-hydrogen) atoms. The topological polar surface area (TPSA) is 99.9 Å². The molecule has 6 nitrogen and oxygen atoms in total. The third kappa shape index (κ3) is 5.34. The smallest absolute Gasteiger partial charge is 0.355 e. The number of thiazole rings is 1. The summed E-state index contributed by atoms with van der Waals surface area (Å²) < 4.78 is 5.81. The molecule has 1 aromatic carbocycles. The van der Waals surface area contributed by atoms with Gasteiger partial charge < -0.3 is 20.1 Å². The van der Waals surface area contributed by atoms with Gasteiger partial charge in [0.15, 0.2) is 5.69 Å². The van der Waals surface area contributed by atoms with Crippen LogP contribution in [0.3, 0.4) is 0 Å². The van der Waals surface area contributed by atoms with E-state index in [1.165, 1.54) is 5.38 Å². The highest BCUT2D eigenvalue weighted by molar-refractivity contribution is 7.09. The van der Waals surface area contributed by atoms with Crippen molar-refractivity contribution in [2.24, 2.45) is 11.8 Å². The van der Waals surface area contributed by atoms with E-state index < -0.39 is 18.2 Å². The van der Waals surface area contributed by atoms with Gasteiger partial charge in [0.2, 0.25) is 0 Å². The Hall–Kier alpha value is -1.09. The zero-order valence-corrected chi connectivity index (χ0v) is 18.3. The van der Waals surface area contributed by atoms with Gasteiger partial charge in [-0.25, -0.2) is 9.78 Å². The third-order valence-corrected chi connectivity index (χ3v) is 7.42. The summed E-state index contributed by atoms with van der Waals surface area (Å²) in [7, 11) is 0. The van der Waals surface area contributed by atoms with Crippen molar-refractivity contribution in [2.45, 2.75) is 37.9 Å². The number of carboxylic acids is 1. The highest BCUT2D eigenvalue weighted by Gasteiger charge is 2.36. The molecule has 0 amide bonds. The van der Waals surface area contributed by atoms with Gasteiger partial charge in [-0.05, 0) is 43.7 Å². The summed E-state index contributed by atoms with van der Waals surface area (Å²) in [4.78, 5) is 14.9. The van der Waals surface area contributed by atoms with E-state index in [-0.39, 0.29) is 34.2 Å². The number of hydrogen-bond donors (Lipinski definition) is 3. The lowest BCUT2D eigenvalue weighted by Crippen LogP contribution is -2.26. The van der Waals surface area contributed by atoms with Gasteiger partial charge in [0, 0.05) is 11.3 Å². The van der Waals surface area contributed by atoms with E-state index in [0.717, 1.165) is 17.8 Å². The van der Waals surface area contributed by atoms with Crippen molar-refractivity contribution in [3.05, 3.63) is 43.3 Å². The molecule has 2 unspecified atom stereocenters. The van der Waals surface area contributed by atoms with Gasteiger partial charge in [0.25, 0.3) is 0 Å². The fourth-order valence-corrected chi connectivity index (χ4v) is 4.97. The van der Waals surface area contributed by atoms with Crippen molar-refractivity contribution in [3.63, 3.8) is 0 Å². The Morgan fingerprint density at radius 3 is 2.72 bits per heavy atom. The fourth-order valence-electron chi connectivity index (χ4n) is 3.57. The van der Waals surface area contributed by atoms with Crippen LogP contribution in [0.1, 0.15) is 47.3 Å². The van der Waals surface area contributed by atoms with Crippen molar-refractivity contribution in [2.75, 3.05) is 6.61 Å². The van der Waals surface area contributed by atoms with E-state index in [2.05, 4.69) is 4.98 Å². The molecule has 0 spiro atoms. The van der Waals surface area contributed by atoms with Crippen LogP contribution in [0, 0.1) is 11.8 Å². The van der Waals surface area contributed by atoms with Crippen LogP contribution in [0.5, 0.6) is 5.75 Å².